The largest absolute Gasteiger partial charge is 0.463 e. The highest BCUT2D eigenvalue weighted by Gasteiger charge is 2.31. The van der Waals surface area contributed by atoms with Gasteiger partial charge in [-0.3, -0.25) is 4.79 Å². The summed E-state index contributed by atoms with van der Waals surface area (Å²) in [6.45, 7) is 3.92. The first-order valence-electron chi connectivity index (χ1n) is 10.5. The van der Waals surface area contributed by atoms with Crippen molar-refractivity contribution in [2.45, 2.75) is 20.0 Å². The van der Waals surface area contributed by atoms with Crippen LogP contribution in [0.1, 0.15) is 28.4 Å². The van der Waals surface area contributed by atoms with Crippen LogP contribution in [0.5, 0.6) is 6.01 Å². The number of aryl methyl sites for hydroxylation is 1. The van der Waals surface area contributed by atoms with E-state index in [1.807, 2.05) is 19.1 Å². The molecule has 0 unspecified atom stereocenters. The molecule has 4 aromatic rings. The van der Waals surface area contributed by atoms with E-state index in [1.54, 1.807) is 43.3 Å². The second-order valence-corrected chi connectivity index (χ2v) is 7.46. The number of benzene rings is 3. The summed E-state index contributed by atoms with van der Waals surface area (Å²) in [7, 11) is 0. The number of nitrogens with zero attached hydrogens (tertiary/aromatic N) is 3. The first kappa shape index (κ1) is 23.0. The lowest BCUT2D eigenvalue weighted by atomic mass is 10.1. The van der Waals surface area contributed by atoms with Crippen LogP contribution in [0.3, 0.4) is 0 Å². The molecule has 0 fully saturated rings. The standard InChI is InChI=1S/C25H21F3N4O2/c1-3-34-24-30-22(17-8-6-9-18(15-17)25(26,27)28)32(31-24)20-13-11-19(12-14-20)29-23(33)21-10-5-4-7-16(21)2/h4-15H,3H2,1-2H3,(H,29,33). The van der Waals surface area contributed by atoms with E-state index >= 15 is 0 Å². The lowest BCUT2D eigenvalue weighted by molar-refractivity contribution is -0.137. The van der Waals surface area contributed by atoms with Crippen LogP contribution in [0.4, 0.5) is 18.9 Å². The number of nitrogens with one attached hydrogen (secondary N) is 1. The van der Waals surface area contributed by atoms with Crippen LogP contribution in [-0.4, -0.2) is 27.3 Å². The van der Waals surface area contributed by atoms with E-state index in [4.69, 9.17) is 4.74 Å². The first-order valence-corrected chi connectivity index (χ1v) is 10.5. The van der Waals surface area contributed by atoms with Crippen molar-refractivity contribution in [2.24, 2.45) is 0 Å². The quantitative estimate of drug-likeness (QED) is 0.383. The second kappa shape index (κ2) is 9.38. The van der Waals surface area contributed by atoms with Gasteiger partial charge in [-0.05, 0) is 61.9 Å². The monoisotopic (exact) mass is 466 g/mol. The molecule has 4 rings (SSSR count). The number of hydrogen-bond donors (Lipinski definition) is 1. The van der Waals surface area contributed by atoms with E-state index in [1.165, 1.54) is 16.8 Å². The number of halogens is 3. The third-order valence-electron chi connectivity index (χ3n) is 5.07. The van der Waals surface area contributed by atoms with Crippen LogP contribution in [0.15, 0.2) is 72.8 Å². The van der Waals surface area contributed by atoms with Gasteiger partial charge in [-0.1, -0.05) is 30.3 Å². The van der Waals surface area contributed by atoms with Crippen LogP contribution < -0.4 is 10.1 Å². The zero-order valence-electron chi connectivity index (χ0n) is 18.4. The Bertz CT molecular complexity index is 1310. The van der Waals surface area contributed by atoms with Gasteiger partial charge in [0.05, 0.1) is 17.9 Å². The van der Waals surface area contributed by atoms with Crippen molar-refractivity contribution >= 4 is 11.6 Å². The fourth-order valence-electron chi connectivity index (χ4n) is 3.40. The van der Waals surface area contributed by atoms with E-state index < -0.39 is 11.7 Å². The topological polar surface area (TPSA) is 69.0 Å². The van der Waals surface area contributed by atoms with Gasteiger partial charge in [0.1, 0.15) is 0 Å². The van der Waals surface area contributed by atoms with Crippen molar-refractivity contribution in [3.63, 3.8) is 0 Å². The van der Waals surface area contributed by atoms with Gasteiger partial charge in [-0.15, -0.1) is 5.10 Å². The van der Waals surface area contributed by atoms with Crippen molar-refractivity contribution in [3.05, 3.63) is 89.5 Å². The van der Waals surface area contributed by atoms with Crippen LogP contribution >= 0.6 is 0 Å². The molecule has 0 saturated carbocycles. The molecule has 9 heteroatoms. The second-order valence-electron chi connectivity index (χ2n) is 7.46. The van der Waals surface area contributed by atoms with Crippen LogP contribution in [0, 0.1) is 6.92 Å². The number of hydrogen-bond acceptors (Lipinski definition) is 4. The highest BCUT2D eigenvalue weighted by Crippen LogP contribution is 2.33. The van der Waals surface area contributed by atoms with Gasteiger partial charge >= 0.3 is 12.2 Å². The van der Waals surface area contributed by atoms with Crippen molar-refractivity contribution in [1.82, 2.24) is 14.8 Å². The Labute approximate surface area is 194 Å². The molecule has 0 radical (unpaired) electrons. The number of aromatic nitrogens is 3. The van der Waals surface area contributed by atoms with Gasteiger partial charge in [-0.2, -0.15) is 18.2 Å². The van der Waals surface area contributed by atoms with Crippen molar-refractivity contribution in [3.8, 4) is 23.1 Å². The van der Waals surface area contributed by atoms with E-state index in [0.717, 1.165) is 17.7 Å². The van der Waals surface area contributed by atoms with E-state index in [0.29, 0.717) is 23.5 Å². The van der Waals surface area contributed by atoms with E-state index in [9.17, 15) is 18.0 Å². The number of carbonyl (C=O) groups excluding carboxylic acids is 1. The molecule has 0 aliphatic rings. The van der Waals surface area contributed by atoms with Gasteiger partial charge in [-0.25, -0.2) is 4.68 Å². The summed E-state index contributed by atoms with van der Waals surface area (Å²) in [5, 5.41) is 7.14. The summed E-state index contributed by atoms with van der Waals surface area (Å²) in [6, 6.07) is 18.9. The van der Waals surface area contributed by atoms with Gasteiger partial charge < -0.3 is 10.1 Å². The molecular weight excluding hydrogens is 445 g/mol. The summed E-state index contributed by atoms with van der Waals surface area (Å²) in [5.41, 5.74) is 1.98. The predicted octanol–water partition coefficient (Wildman–Crippen LogP) is 5.91. The maximum absolute atomic E-state index is 13.2. The highest BCUT2D eigenvalue weighted by molar-refractivity contribution is 6.05. The molecule has 34 heavy (non-hydrogen) atoms. The Morgan fingerprint density at radius 1 is 1.03 bits per heavy atom. The lowest BCUT2D eigenvalue weighted by Crippen LogP contribution is -2.13. The Balaban J connectivity index is 1.65. The molecule has 1 amide bonds. The van der Waals surface area contributed by atoms with E-state index in [-0.39, 0.29) is 23.3 Å². The fraction of sp³-hybridized carbons (Fsp3) is 0.160. The summed E-state index contributed by atoms with van der Waals surface area (Å²) in [5.74, 6) is -0.0406. The molecule has 3 aromatic carbocycles. The molecule has 0 aliphatic carbocycles. The first-order chi connectivity index (χ1) is 16.3. The Kier molecular flexibility index (Phi) is 6.36. The summed E-state index contributed by atoms with van der Waals surface area (Å²) in [6.07, 6.45) is -4.49. The Morgan fingerprint density at radius 3 is 2.44 bits per heavy atom. The minimum atomic E-state index is -4.49. The smallest absolute Gasteiger partial charge is 0.416 e. The average molecular weight is 466 g/mol. The number of rotatable bonds is 6. The molecule has 0 saturated heterocycles. The number of carbonyl (C=O) groups is 1. The molecule has 1 N–H and O–H groups in total. The normalized spacial score (nSPS) is 11.3. The number of ether oxygens (including phenoxy) is 1. The molecule has 6 nitrogen and oxygen atoms in total. The molecule has 0 spiro atoms. The molecule has 174 valence electrons. The van der Waals surface area contributed by atoms with Crippen molar-refractivity contribution in [1.29, 1.82) is 0 Å². The Hall–Kier alpha value is -4.14. The van der Waals surface area contributed by atoms with Crippen LogP contribution in [0.25, 0.3) is 17.1 Å². The van der Waals surface area contributed by atoms with Gasteiger partial charge in [0.15, 0.2) is 5.82 Å². The predicted molar refractivity (Wildman–Crippen MR) is 122 cm³/mol. The minimum Gasteiger partial charge on any atom is -0.463 e. The summed E-state index contributed by atoms with van der Waals surface area (Å²) >= 11 is 0. The minimum absolute atomic E-state index is 0.0480. The van der Waals surface area contributed by atoms with Gasteiger partial charge in [0.25, 0.3) is 5.91 Å². The van der Waals surface area contributed by atoms with Gasteiger partial charge in [0, 0.05) is 16.8 Å². The van der Waals surface area contributed by atoms with Crippen LogP contribution in [-0.2, 0) is 6.18 Å². The molecule has 0 atom stereocenters. The zero-order valence-corrected chi connectivity index (χ0v) is 18.4. The maximum atomic E-state index is 13.2. The molecule has 1 aromatic heterocycles. The summed E-state index contributed by atoms with van der Waals surface area (Å²) < 4.78 is 46.5. The van der Waals surface area contributed by atoms with Crippen molar-refractivity contribution in [2.75, 3.05) is 11.9 Å². The SMILES string of the molecule is CCOc1nc(-c2cccc(C(F)(F)F)c2)n(-c2ccc(NC(=O)c3ccccc3C)cc2)n1. The molecule has 1 heterocycles. The lowest BCUT2D eigenvalue weighted by Gasteiger charge is -2.11. The fourth-order valence-corrected chi connectivity index (χ4v) is 3.40. The molecule has 0 bridgehead atoms. The maximum Gasteiger partial charge on any atom is 0.416 e. The molecular formula is C25H21F3N4O2. The summed E-state index contributed by atoms with van der Waals surface area (Å²) in [4.78, 5) is 16.9. The molecule has 0 aliphatic heterocycles. The third kappa shape index (κ3) is 4.93. The Morgan fingerprint density at radius 2 is 1.76 bits per heavy atom. The van der Waals surface area contributed by atoms with Crippen molar-refractivity contribution < 1.29 is 22.7 Å². The van der Waals surface area contributed by atoms with E-state index in [2.05, 4.69) is 15.4 Å². The van der Waals surface area contributed by atoms with Crippen LogP contribution in [0.2, 0.25) is 0 Å². The van der Waals surface area contributed by atoms with Gasteiger partial charge in [0.2, 0.25) is 0 Å². The average Bonchev–Trinajstić information content (AvgIpc) is 3.23. The highest BCUT2D eigenvalue weighted by atomic mass is 19.4. The number of alkyl halides is 3. The third-order valence-corrected chi connectivity index (χ3v) is 5.07. The number of anilines is 1. The number of amides is 1. The zero-order chi connectivity index (χ0) is 24.3.